The smallest absolute Gasteiger partial charge is 0.410 e. The summed E-state index contributed by atoms with van der Waals surface area (Å²) in [6.07, 6.45) is 1.75. The van der Waals surface area contributed by atoms with Crippen LogP contribution in [-0.4, -0.2) is 56.8 Å². The molecule has 3 aromatic rings. The van der Waals surface area contributed by atoms with E-state index in [4.69, 9.17) is 9.57 Å². The zero-order valence-electron chi connectivity index (χ0n) is 19.3. The number of phenols is 1. The van der Waals surface area contributed by atoms with Crippen molar-refractivity contribution in [3.63, 3.8) is 0 Å². The van der Waals surface area contributed by atoms with Crippen molar-refractivity contribution in [3.05, 3.63) is 71.9 Å². The lowest BCUT2D eigenvalue weighted by atomic mass is 9.95. The molecule has 186 valence electrons. The number of carbonyl (C=O) groups excluding carboxylic acids is 2. The molecule has 2 aliphatic heterocycles. The molecule has 0 spiro atoms. The molecule has 0 radical (unpaired) electrons. The number of fused-ring (bicyclic) bond motifs is 1. The van der Waals surface area contributed by atoms with Crippen LogP contribution in [0.1, 0.15) is 29.9 Å². The Bertz CT molecular complexity index is 1320. The molecule has 2 aliphatic rings. The summed E-state index contributed by atoms with van der Waals surface area (Å²) >= 11 is 3.29. The quantitative estimate of drug-likeness (QED) is 0.477. The number of hydrogen-bond acceptors (Lipinski definition) is 7. The lowest BCUT2D eigenvalue weighted by molar-refractivity contribution is -0.125. The van der Waals surface area contributed by atoms with E-state index in [0.29, 0.717) is 23.0 Å². The maximum atomic E-state index is 13.2. The second kappa shape index (κ2) is 10.5. The number of rotatable bonds is 6. The zero-order valence-corrected chi connectivity index (χ0v) is 20.9. The molecular formula is C26H25BrN4O5. The van der Waals surface area contributed by atoms with Crippen LogP contribution in [0.25, 0.3) is 10.9 Å². The van der Waals surface area contributed by atoms with E-state index in [1.165, 1.54) is 4.90 Å². The van der Waals surface area contributed by atoms with Crippen LogP contribution in [0, 0.1) is 0 Å². The number of benzene rings is 2. The van der Waals surface area contributed by atoms with Crippen molar-refractivity contribution in [1.82, 2.24) is 15.2 Å². The second-order valence-corrected chi connectivity index (χ2v) is 9.81. The van der Waals surface area contributed by atoms with Gasteiger partial charge in [0.2, 0.25) is 5.91 Å². The predicted octanol–water partition coefficient (Wildman–Crippen LogP) is 4.05. The van der Waals surface area contributed by atoms with Gasteiger partial charge in [-0.1, -0.05) is 41.6 Å². The van der Waals surface area contributed by atoms with Crippen LogP contribution in [0.5, 0.6) is 5.75 Å². The van der Waals surface area contributed by atoms with Crippen LogP contribution in [0.3, 0.4) is 0 Å². The number of oxime groups is 1. The van der Waals surface area contributed by atoms with E-state index in [9.17, 15) is 14.7 Å². The number of para-hydroxylation sites is 2. The largest absolute Gasteiger partial charge is 0.508 e. The van der Waals surface area contributed by atoms with Gasteiger partial charge in [-0.2, -0.15) is 0 Å². The summed E-state index contributed by atoms with van der Waals surface area (Å²) in [5, 5.41) is 18.0. The molecule has 36 heavy (non-hydrogen) atoms. The number of likely N-dealkylation sites (tertiary alicyclic amines) is 1. The molecule has 0 aliphatic carbocycles. The third-order valence-corrected chi connectivity index (χ3v) is 6.89. The summed E-state index contributed by atoms with van der Waals surface area (Å²) in [7, 11) is 0. The molecule has 0 saturated carbocycles. The maximum absolute atomic E-state index is 13.2. The number of amides is 2. The number of carbonyl (C=O) groups is 2. The topological polar surface area (TPSA) is 113 Å². The molecule has 3 atom stereocenters. The van der Waals surface area contributed by atoms with E-state index in [-0.39, 0.29) is 43.4 Å². The van der Waals surface area contributed by atoms with E-state index in [2.05, 4.69) is 31.4 Å². The fourth-order valence-corrected chi connectivity index (χ4v) is 5.05. The lowest BCUT2D eigenvalue weighted by Gasteiger charge is -2.23. The molecule has 0 bridgehead atoms. The van der Waals surface area contributed by atoms with Crippen molar-refractivity contribution in [2.45, 2.75) is 37.5 Å². The van der Waals surface area contributed by atoms with Gasteiger partial charge in [0.15, 0.2) is 6.10 Å². The summed E-state index contributed by atoms with van der Waals surface area (Å²) in [4.78, 5) is 37.4. The van der Waals surface area contributed by atoms with Gasteiger partial charge in [0.1, 0.15) is 23.0 Å². The van der Waals surface area contributed by atoms with Crippen molar-refractivity contribution in [2.24, 2.45) is 5.16 Å². The van der Waals surface area contributed by atoms with Crippen LogP contribution in [0.15, 0.2) is 65.9 Å². The Morgan fingerprint density at radius 3 is 2.81 bits per heavy atom. The Labute approximate surface area is 216 Å². The van der Waals surface area contributed by atoms with Crippen LogP contribution >= 0.6 is 15.9 Å². The second-order valence-electron chi connectivity index (χ2n) is 8.89. The first-order valence-corrected chi connectivity index (χ1v) is 12.5. The van der Waals surface area contributed by atoms with E-state index in [1.807, 2.05) is 42.5 Å². The van der Waals surface area contributed by atoms with Crippen molar-refractivity contribution < 1.29 is 24.3 Å². The molecule has 10 heteroatoms. The minimum atomic E-state index is -0.748. The van der Waals surface area contributed by atoms with Gasteiger partial charge in [-0.25, -0.2) is 4.79 Å². The third-order valence-electron chi connectivity index (χ3n) is 6.43. The van der Waals surface area contributed by atoms with Crippen LogP contribution < -0.4 is 5.32 Å². The number of aromatic hydroxyl groups is 1. The summed E-state index contributed by atoms with van der Waals surface area (Å²) in [6.45, 7) is 0.546. The molecule has 2 aromatic carbocycles. The van der Waals surface area contributed by atoms with Crippen molar-refractivity contribution in [3.8, 4) is 5.75 Å². The standard InChI is InChI=1S/C26H25BrN4O5/c27-24-11-19(36-30-24)13-29-25(33)22-10-18(20-6-2-4-8-23(20)32)14-31(22)26(34)35-15-16-9-17-5-1-3-7-21(17)28-12-16/h1-9,12,18-19,22,32H,10-11,13-15H2,(H,29,33)/t18-,19+,22+/m1/s1. The fourth-order valence-electron chi connectivity index (χ4n) is 4.60. The van der Waals surface area contributed by atoms with E-state index < -0.39 is 12.1 Å². The number of halogens is 1. The number of nitrogens with zero attached hydrogens (tertiary/aromatic N) is 3. The first-order valence-electron chi connectivity index (χ1n) is 11.7. The SMILES string of the molecule is O=C(NC[C@@H]1CC(Br)=NO1)[C@@H]1C[C@@H](c2ccccc2O)CN1C(=O)OCc1cnc2ccccc2c1. The van der Waals surface area contributed by atoms with Gasteiger partial charge in [0.25, 0.3) is 0 Å². The highest BCUT2D eigenvalue weighted by Crippen LogP contribution is 2.36. The Morgan fingerprint density at radius 2 is 2.00 bits per heavy atom. The summed E-state index contributed by atoms with van der Waals surface area (Å²) in [5.41, 5.74) is 2.31. The minimum Gasteiger partial charge on any atom is -0.508 e. The van der Waals surface area contributed by atoms with Crippen molar-refractivity contribution in [1.29, 1.82) is 0 Å². The molecular weight excluding hydrogens is 528 g/mol. The van der Waals surface area contributed by atoms with Crippen LogP contribution in [0.4, 0.5) is 4.79 Å². The highest BCUT2D eigenvalue weighted by Gasteiger charge is 2.42. The molecule has 5 rings (SSSR count). The number of aromatic nitrogens is 1. The highest BCUT2D eigenvalue weighted by atomic mass is 79.9. The molecule has 0 unspecified atom stereocenters. The molecule has 1 fully saturated rings. The molecule has 3 heterocycles. The van der Waals surface area contributed by atoms with Gasteiger partial charge in [0, 0.05) is 36.0 Å². The minimum absolute atomic E-state index is 0.0318. The Balaban J connectivity index is 1.28. The Kier molecular flexibility index (Phi) is 7.04. The first kappa shape index (κ1) is 24.1. The van der Waals surface area contributed by atoms with E-state index in [1.54, 1.807) is 18.3 Å². The van der Waals surface area contributed by atoms with Gasteiger partial charge in [-0.3, -0.25) is 14.7 Å². The molecule has 2 amide bonds. The highest BCUT2D eigenvalue weighted by molar-refractivity contribution is 9.18. The number of pyridine rings is 1. The van der Waals surface area contributed by atoms with Gasteiger partial charge in [-0.15, -0.1) is 0 Å². The number of nitrogens with one attached hydrogen (secondary N) is 1. The number of hydrogen-bond donors (Lipinski definition) is 2. The molecule has 9 nitrogen and oxygen atoms in total. The number of ether oxygens (including phenoxy) is 1. The predicted molar refractivity (Wildman–Crippen MR) is 137 cm³/mol. The average molecular weight is 553 g/mol. The van der Waals surface area contributed by atoms with Gasteiger partial charge >= 0.3 is 6.09 Å². The van der Waals surface area contributed by atoms with Crippen molar-refractivity contribution >= 4 is 43.5 Å². The molecule has 2 N–H and O–H groups in total. The summed E-state index contributed by atoms with van der Waals surface area (Å²) < 4.78 is 6.29. The molecule has 1 saturated heterocycles. The maximum Gasteiger partial charge on any atom is 0.410 e. The normalized spacial score (nSPS) is 21.2. The third kappa shape index (κ3) is 5.28. The van der Waals surface area contributed by atoms with Crippen LogP contribution in [-0.2, 0) is 21.0 Å². The average Bonchev–Trinajstić information content (AvgIpc) is 3.52. The van der Waals surface area contributed by atoms with Gasteiger partial charge in [-0.05, 0) is 46.1 Å². The Morgan fingerprint density at radius 1 is 1.19 bits per heavy atom. The summed E-state index contributed by atoms with van der Waals surface area (Å²) in [5.74, 6) is -0.374. The Hall–Kier alpha value is -3.66. The zero-order chi connectivity index (χ0) is 25.1. The fraction of sp³-hybridized carbons (Fsp3) is 0.308. The van der Waals surface area contributed by atoms with E-state index >= 15 is 0 Å². The van der Waals surface area contributed by atoms with Crippen LogP contribution in [0.2, 0.25) is 0 Å². The van der Waals surface area contributed by atoms with E-state index in [0.717, 1.165) is 16.5 Å². The summed E-state index contributed by atoms with van der Waals surface area (Å²) in [6, 6.07) is 15.9. The molecule has 1 aromatic heterocycles. The van der Waals surface area contributed by atoms with Crippen molar-refractivity contribution in [2.75, 3.05) is 13.1 Å². The lowest BCUT2D eigenvalue weighted by Crippen LogP contribution is -2.47. The number of phenolic OH excluding ortho intramolecular Hbond substituents is 1. The van der Waals surface area contributed by atoms with Gasteiger partial charge in [0.05, 0.1) is 12.1 Å². The first-order chi connectivity index (χ1) is 17.5. The van der Waals surface area contributed by atoms with Gasteiger partial charge < -0.3 is 20.0 Å². The monoisotopic (exact) mass is 552 g/mol.